The average Bonchev–Trinajstić information content (AvgIpc) is 3.02. The first kappa shape index (κ1) is 24.1. The Morgan fingerprint density at radius 2 is 1.63 bits per heavy atom. The number of benzene rings is 3. The quantitative estimate of drug-likeness (QED) is 0.543. The molecule has 180 valence electrons. The van der Waals surface area contributed by atoms with Crippen LogP contribution in [-0.2, 0) is 16.6 Å². The molecule has 0 spiro atoms. The highest BCUT2D eigenvalue weighted by atomic mass is 32.2. The molecule has 0 atom stereocenters. The molecule has 35 heavy (non-hydrogen) atoms. The van der Waals surface area contributed by atoms with Gasteiger partial charge in [0.1, 0.15) is 10.7 Å². The van der Waals surface area contributed by atoms with E-state index in [9.17, 15) is 27.2 Å². The second-order valence-electron chi connectivity index (χ2n) is 8.25. The van der Waals surface area contributed by atoms with Crippen LogP contribution in [0.3, 0.4) is 0 Å². The molecule has 1 aliphatic rings. The van der Waals surface area contributed by atoms with Crippen LogP contribution in [0.5, 0.6) is 0 Å². The van der Waals surface area contributed by atoms with Gasteiger partial charge in [-0.2, -0.15) is 0 Å². The van der Waals surface area contributed by atoms with Gasteiger partial charge in [0.15, 0.2) is 0 Å². The molecule has 1 aliphatic heterocycles. The van der Waals surface area contributed by atoms with Crippen molar-refractivity contribution in [1.29, 1.82) is 0 Å². The van der Waals surface area contributed by atoms with Gasteiger partial charge in [0.05, 0.1) is 5.56 Å². The van der Waals surface area contributed by atoms with E-state index in [1.807, 2.05) is 0 Å². The van der Waals surface area contributed by atoms with Gasteiger partial charge in [-0.1, -0.05) is 12.1 Å². The van der Waals surface area contributed by atoms with Crippen LogP contribution in [0.2, 0.25) is 0 Å². The number of rotatable bonds is 6. The van der Waals surface area contributed by atoms with Gasteiger partial charge in [-0.05, 0) is 74.0 Å². The standard InChI is InChI=1S/C25H22FN3O5S/c1-15(2)29-25(32)21-11-8-18(13-22(21)35(29,33)34)23(30)27-14-16-4-3-5-20(12-16)28-24(31)17-6-9-19(26)10-7-17/h3-13,15H,14H2,1-2H3,(H,27,30)(H,28,31). The van der Waals surface area contributed by atoms with E-state index >= 15 is 0 Å². The van der Waals surface area contributed by atoms with E-state index in [2.05, 4.69) is 10.6 Å². The van der Waals surface area contributed by atoms with Crippen molar-refractivity contribution in [3.05, 3.63) is 94.8 Å². The Morgan fingerprint density at radius 1 is 0.943 bits per heavy atom. The minimum Gasteiger partial charge on any atom is -0.348 e. The number of hydrogen-bond acceptors (Lipinski definition) is 5. The van der Waals surface area contributed by atoms with Crippen LogP contribution >= 0.6 is 0 Å². The molecule has 3 aromatic carbocycles. The molecule has 4 rings (SSSR count). The Morgan fingerprint density at radius 3 is 2.31 bits per heavy atom. The Kier molecular flexibility index (Phi) is 6.40. The number of sulfonamides is 1. The minimum absolute atomic E-state index is 0.0415. The number of amides is 3. The van der Waals surface area contributed by atoms with E-state index in [0.717, 1.165) is 4.31 Å². The van der Waals surface area contributed by atoms with Crippen molar-refractivity contribution in [3.8, 4) is 0 Å². The predicted octanol–water partition coefficient (Wildman–Crippen LogP) is 3.56. The second-order valence-corrected chi connectivity index (χ2v) is 10.0. The monoisotopic (exact) mass is 495 g/mol. The van der Waals surface area contributed by atoms with Crippen LogP contribution in [0, 0.1) is 5.82 Å². The molecule has 0 fully saturated rings. The summed E-state index contributed by atoms with van der Waals surface area (Å²) < 4.78 is 39.4. The Labute approximate surface area is 201 Å². The van der Waals surface area contributed by atoms with Crippen molar-refractivity contribution in [2.24, 2.45) is 0 Å². The van der Waals surface area contributed by atoms with Crippen LogP contribution in [0.4, 0.5) is 10.1 Å². The van der Waals surface area contributed by atoms with Gasteiger partial charge in [0.2, 0.25) is 0 Å². The van der Waals surface area contributed by atoms with Crippen molar-refractivity contribution in [1.82, 2.24) is 9.62 Å². The molecule has 0 radical (unpaired) electrons. The third-order valence-corrected chi connectivity index (χ3v) is 7.42. The summed E-state index contributed by atoms with van der Waals surface area (Å²) in [5, 5.41) is 5.43. The third-order valence-electron chi connectivity index (χ3n) is 5.42. The molecule has 8 nitrogen and oxygen atoms in total. The molecule has 0 aliphatic carbocycles. The summed E-state index contributed by atoms with van der Waals surface area (Å²) in [6, 6.07) is 15.4. The molecule has 10 heteroatoms. The fraction of sp³-hybridized carbons (Fsp3) is 0.160. The molecule has 0 saturated heterocycles. The highest BCUT2D eigenvalue weighted by Crippen LogP contribution is 2.32. The molecular weight excluding hydrogens is 473 g/mol. The van der Waals surface area contributed by atoms with E-state index in [1.54, 1.807) is 38.1 Å². The number of carbonyl (C=O) groups is 3. The minimum atomic E-state index is -4.02. The summed E-state index contributed by atoms with van der Waals surface area (Å²) in [6.45, 7) is 3.32. The molecule has 3 amide bonds. The van der Waals surface area contributed by atoms with Crippen molar-refractivity contribution in [2.45, 2.75) is 31.3 Å². The molecule has 2 N–H and O–H groups in total. The fourth-order valence-electron chi connectivity index (χ4n) is 3.75. The number of anilines is 1. The molecule has 1 heterocycles. The lowest BCUT2D eigenvalue weighted by Crippen LogP contribution is -2.36. The lowest BCUT2D eigenvalue weighted by atomic mass is 10.1. The maximum atomic E-state index is 13.1. The molecular formula is C25H22FN3O5S. The second kappa shape index (κ2) is 9.30. The Hall–Kier alpha value is -4.05. The van der Waals surface area contributed by atoms with Crippen LogP contribution in [0.1, 0.15) is 50.5 Å². The zero-order valence-corrected chi connectivity index (χ0v) is 19.7. The largest absolute Gasteiger partial charge is 0.348 e. The van der Waals surface area contributed by atoms with Crippen molar-refractivity contribution in [3.63, 3.8) is 0 Å². The van der Waals surface area contributed by atoms with E-state index in [-0.39, 0.29) is 22.6 Å². The topological polar surface area (TPSA) is 113 Å². The summed E-state index contributed by atoms with van der Waals surface area (Å²) in [7, 11) is -4.02. The molecule has 0 saturated carbocycles. The van der Waals surface area contributed by atoms with Gasteiger partial charge in [0, 0.05) is 29.4 Å². The Balaban J connectivity index is 1.45. The molecule has 0 bridgehead atoms. The normalized spacial score (nSPS) is 14.1. The van der Waals surface area contributed by atoms with Crippen molar-refractivity contribution < 1.29 is 27.2 Å². The maximum Gasteiger partial charge on any atom is 0.269 e. The van der Waals surface area contributed by atoms with Crippen LogP contribution in [0.25, 0.3) is 0 Å². The molecule has 0 unspecified atom stereocenters. The lowest BCUT2D eigenvalue weighted by Gasteiger charge is -2.18. The van der Waals surface area contributed by atoms with Gasteiger partial charge >= 0.3 is 0 Å². The number of hydrogen-bond donors (Lipinski definition) is 2. The third kappa shape index (κ3) is 4.78. The number of halogens is 1. The smallest absolute Gasteiger partial charge is 0.269 e. The van der Waals surface area contributed by atoms with E-state index in [4.69, 9.17) is 0 Å². The summed E-state index contributed by atoms with van der Waals surface area (Å²) in [4.78, 5) is 37.3. The molecule has 3 aromatic rings. The number of nitrogens with one attached hydrogen (secondary N) is 2. The maximum absolute atomic E-state index is 13.1. The van der Waals surface area contributed by atoms with Gasteiger partial charge in [-0.15, -0.1) is 0 Å². The number of nitrogens with zero attached hydrogens (tertiary/aromatic N) is 1. The summed E-state index contributed by atoms with van der Waals surface area (Å²) in [5.41, 5.74) is 1.62. The van der Waals surface area contributed by atoms with Gasteiger partial charge in [-0.25, -0.2) is 17.1 Å². The SMILES string of the molecule is CC(C)N1C(=O)c2ccc(C(=O)NCc3cccc(NC(=O)c4ccc(F)cc4)c3)cc2S1(=O)=O. The van der Waals surface area contributed by atoms with Crippen molar-refractivity contribution >= 4 is 33.4 Å². The van der Waals surface area contributed by atoms with Gasteiger partial charge < -0.3 is 10.6 Å². The van der Waals surface area contributed by atoms with Crippen molar-refractivity contribution in [2.75, 3.05) is 5.32 Å². The zero-order chi connectivity index (χ0) is 25.3. The number of fused-ring (bicyclic) bond motifs is 1. The molecule has 0 aromatic heterocycles. The van der Waals surface area contributed by atoms with Crippen LogP contribution < -0.4 is 10.6 Å². The average molecular weight is 496 g/mol. The van der Waals surface area contributed by atoms with Gasteiger partial charge in [-0.3, -0.25) is 14.4 Å². The first-order valence-electron chi connectivity index (χ1n) is 10.7. The number of carbonyl (C=O) groups excluding carboxylic acids is 3. The van der Waals surface area contributed by atoms with Crippen LogP contribution in [0.15, 0.2) is 71.6 Å². The zero-order valence-electron chi connectivity index (χ0n) is 18.9. The lowest BCUT2D eigenvalue weighted by molar-refractivity contribution is 0.0845. The van der Waals surface area contributed by atoms with Crippen LogP contribution in [-0.4, -0.2) is 36.5 Å². The highest BCUT2D eigenvalue weighted by molar-refractivity contribution is 7.90. The van der Waals surface area contributed by atoms with E-state index < -0.39 is 39.6 Å². The summed E-state index contributed by atoms with van der Waals surface area (Å²) >= 11 is 0. The first-order chi connectivity index (χ1) is 16.6. The van der Waals surface area contributed by atoms with E-state index in [1.165, 1.54) is 42.5 Å². The van der Waals surface area contributed by atoms with E-state index in [0.29, 0.717) is 16.8 Å². The first-order valence-corrected chi connectivity index (χ1v) is 12.2. The Bertz CT molecular complexity index is 1440. The fourth-order valence-corrected chi connectivity index (χ4v) is 5.54. The predicted molar refractivity (Wildman–Crippen MR) is 127 cm³/mol. The summed E-state index contributed by atoms with van der Waals surface area (Å²) in [5.74, 6) is -1.97. The summed E-state index contributed by atoms with van der Waals surface area (Å²) in [6.07, 6.45) is 0. The highest BCUT2D eigenvalue weighted by Gasteiger charge is 2.42. The van der Waals surface area contributed by atoms with Gasteiger partial charge in [0.25, 0.3) is 27.7 Å².